The zero-order chi connectivity index (χ0) is 20.2. The van der Waals surface area contributed by atoms with Gasteiger partial charge in [0.1, 0.15) is 16.5 Å². The summed E-state index contributed by atoms with van der Waals surface area (Å²) >= 11 is 4.37. The lowest BCUT2D eigenvalue weighted by molar-refractivity contribution is -0.118. The summed E-state index contributed by atoms with van der Waals surface area (Å²) in [5.41, 5.74) is 1.18. The van der Waals surface area contributed by atoms with Crippen molar-refractivity contribution in [3.8, 4) is 10.4 Å². The maximum absolute atomic E-state index is 13.6. The summed E-state index contributed by atoms with van der Waals surface area (Å²) in [5, 5.41) is 7.23. The van der Waals surface area contributed by atoms with Crippen molar-refractivity contribution in [3.63, 3.8) is 0 Å². The van der Waals surface area contributed by atoms with E-state index in [2.05, 4.69) is 15.3 Å². The Bertz CT molecular complexity index is 1200. The first-order chi connectivity index (χ1) is 14.1. The maximum Gasteiger partial charge on any atom is 0.260 e. The van der Waals surface area contributed by atoms with Gasteiger partial charge in [-0.3, -0.25) is 9.59 Å². The number of benzene rings is 1. The molecule has 1 aromatic carbocycles. The van der Waals surface area contributed by atoms with Crippen LogP contribution in [0.4, 0.5) is 4.39 Å². The third kappa shape index (κ3) is 4.58. The Morgan fingerprint density at radius 1 is 1.21 bits per heavy atom. The second-order valence-corrected chi connectivity index (χ2v) is 8.97. The summed E-state index contributed by atoms with van der Waals surface area (Å²) in [4.78, 5) is 33.6. The van der Waals surface area contributed by atoms with Crippen LogP contribution in [0.2, 0.25) is 0 Å². The van der Waals surface area contributed by atoms with Gasteiger partial charge in [0.2, 0.25) is 5.91 Å². The number of thioether (sulfide) groups is 1. The molecule has 3 aromatic heterocycles. The van der Waals surface area contributed by atoms with Crippen molar-refractivity contribution in [1.29, 1.82) is 0 Å². The Morgan fingerprint density at radius 2 is 2.07 bits per heavy atom. The van der Waals surface area contributed by atoms with Gasteiger partial charge < -0.3 is 10.3 Å². The highest BCUT2D eigenvalue weighted by atomic mass is 32.2. The first kappa shape index (κ1) is 19.8. The molecule has 0 aliphatic carbocycles. The van der Waals surface area contributed by atoms with Crippen molar-refractivity contribution in [1.82, 2.24) is 15.3 Å². The van der Waals surface area contributed by atoms with Gasteiger partial charge in [0.25, 0.3) is 5.56 Å². The van der Waals surface area contributed by atoms with Gasteiger partial charge >= 0.3 is 0 Å². The molecule has 0 fully saturated rings. The first-order valence-electron chi connectivity index (χ1n) is 8.74. The Morgan fingerprint density at radius 3 is 2.86 bits per heavy atom. The molecule has 0 aliphatic rings. The second-order valence-electron chi connectivity index (χ2n) is 6.18. The van der Waals surface area contributed by atoms with Crippen molar-refractivity contribution in [3.05, 3.63) is 74.7 Å². The highest BCUT2D eigenvalue weighted by Gasteiger charge is 2.14. The lowest BCUT2D eigenvalue weighted by atomic mass is 10.2. The van der Waals surface area contributed by atoms with Crippen LogP contribution in [0.3, 0.4) is 0 Å². The molecule has 1 amide bonds. The molecule has 0 aliphatic heterocycles. The van der Waals surface area contributed by atoms with Gasteiger partial charge in [-0.15, -0.1) is 34.4 Å². The van der Waals surface area contributed by atoms with E-state index in [0.29, 0.717) is 27.4 Å². The number of aromatic amines is 1. The fourth-order valence-corrected chi connectivity index (χ4v) is 5.30. The monoisotopic (exact) mass is 445 g/mol. The molecule has 5 nitrogen and oxygen atoms in total. The Balaban J connectivity index is 1.36. The van der Waals surface area contributed by atoms with Crippen molar-refractivity contribution >= 4 is 50.6 Å². The minimum absolute atomic E-state index is 0.147. The second kappa shape index (κ2) is 8.89. The third-order valence-corrected chi connectivity index (χ3v) is 6.90. The minimum Gasteiger partial charge on any atom is -0.351 e. The van der Waals surface area contributed by atoms with Crippen LogP contribution >= 0.6 is 34.4 Å². The van der Waals surface area contributed by atoms with Crippen LogP contribution in [0.1, 0.15) is 11.4 Å². The lowest BCUT2D eigenvalue weighted by Crippen LogP contribution is -2.25. The van der Waals surface area contributed by atoms with Crippen LogP contribution < -0.4 is 10.9 Å². The first-order valence-corrected chi connectivity index (χ1v) is 11.7. The zero-order valence-corrected chi connectivity index (χ0v) is 17.6. The highest BCUT2D eigenvalue weighted by Crippen LogP contribution is 2.33. The Labute approximate surface area is 178 Å². The number of nitrogens with zero attached hydrogens (tertiary/aromatic N) is 1. The van der Waals surface area contributed by atoms with Crippen LogP contribution in [-0.4, -0.2) is 21.6 Å². The van der Waals surface area contributed by atoms with Crippen LogP contribution in [0.25, 0.3) is 20.7 Å². The van der Waals surface area contributed by atoms with Gasteiger partial charge in [-0.05, 0) is 17.5 Å². The van der Waals surface area contributed by atoms with Gasteiger partial charge in [-0.25, -0.2) is 9.37 Å². The molecule has 0 saturated carbocycles. The standard InChI is InChI=1S/C20H16FN3O2S3/c21-14-5-2-1-4-12(14)8-22-17(25)11-27-10-16-23-19(26)18-13(9-29-20(18)24-16)15-6-3-7-28-15/h1-7,9H,8,10-11H2,(H,22,25)(H,23,24,26). The topological polar surface area (TPSA) is 74.8 Å². The van der Waals surface area contributed by atoms with Gasteiger partial charge in [0.05, 0.1) is 16.9 Å². The highest BCUT2D eigenvalue weighted by molar-refractivity contribution is 7.99. The van der Waals surface area contributed by atoms with Crippen molar-refractivity contribution < 1.29 is 9.18 Å². The summed E-state index contributed by atoms with van der Waals surface area (Å²) in [6.07, 6.45) is 0. The van der Waals surface area contributed by atoms with Crippen molar-refractivity contribution in [2.45, 2.75) is 12.3 Å². The molecule has 0 atom stereocenters. The quantitative estimate of drug-likeness (QED) is 0.442. The predicted octanol–water partition coefficient (Wildman–Crippen LogP) is 4.40. The molecular formula is C20H16FN3O2S3. The summed E-state index contributed by atoms with van der Waals surface area (Å²) in [7, 11) is 0. The van der Waals surface area contributed by atoms with E-state index in [0.717, 1.165) is 10.4 Å². The molecule has 148 valence electrons. The average Bonchev–Trinajstić information content (AvgIpc) is 3.37. The van der Waals surface area contributed by atoms with E-state index >= 15 is 0 Å². The summed E-state index contributed by atoms with van der Waals surface area (Å²) in [6.45, 7) is 0.147. The molecule has 4 aromatic rings. The number of H-pyrrole nitrogens is 1. The van der Waals surface area contributed by atoms with Crippen LogP contribution in [0.15, 0.2) is 52.0 Å². The van der Waals surface area contributed by atoms with Gasteiger partial charge in [0, 0.05) is 27.9 Å². The number of carbonyl (C=O) groups excluding carboxylic acids is 1. The average molecular weight is 446 g/mol. The van der Waals surface area contributed by atoms with Crippen molar-refractivity contribution in [2.24, 2.45) is 0 Å². The summed E-state index contributed by atoms with van der Waals surface area (Å²) in [6, 6.07) is 10.3. The van der Waals surface area contributed by atoms with Crippen LogP contribution in [-0.2, 0) is 17.1 Å². The SMILES string of the molecule is O=C(CSCc1nc2scc(-c3cccs3)c2c(=O)[nH]1)NCc1ccccc1F. The Hall–Kier alpha value is -2.49. The normalized spacial score (nSPS) is 11.1. The van der Waals surface area contributed by atoms with Crippen LogP contribution in [0.5, 0.6) is 0 Å². The van der Waals surface area contributed by atoms with E-state index in [1.54, 1.807) is 29.5 Å². The lowest BCUT2D eigenvalue weighted by Gasteiger charge is -2.06. The van der Waals surface area contributed by atoms with E-state index in [1.807, 2.05) is 22.9 Å². The summed E-state index contributed by atoms with van der Waals surface area (Å²) in [5.74, 6) is 0.603. The van der Waals surface area contributed by atoms with Gasteiger partial charge in [-0.1, -0.05) is 24.3 Å². The minimum atomic E-state index is -0.339. The van der Waals surface area contributed by atoms with E-state index < -0.39 is 0 Å². The number of carbonyl (C=O) groups is 1. The Kier molecular flexibility index (Phi) is 6.08. The summed E-state index contributed by atoms with van der Waals surface area (Å²) < 4.78 is 13.6. The molecule has 0 bridgehead atoms. The molecule has 0 saturated heterocycles. The number of fused-ring (bicyclic) bond motifs is 1. The molecule has 4 rings (SSSR count). The number of thiophene rings is 2. The van der Waals surface area contributed by atoms with Crippen LogP contribution in [0, 0.1) is 5.82 Å². The molecule has 3 heterocycles. The van der Waals surface area contributed by atoms with Gasteiger partial charge in [-0.2, -0.15) is 0 Å². The molecule has 0 unspecified atom stereocenters. The predicted molar refractivity (Wildman–Crippen MR) is 118 cm³/mol. The van der Waals surface area contributed by atoms with Gasteiger partial charge in [0.15, 0.2) is 0 Å². The largest absolute Gasteiger partial charge is 0.351 e. The van der Waals surface area contributed by atoms with Crippen molar-refractivity contribution in [2.75, 3.05) is 5.75 Å². The number of hydrogen-bond acceptors (Lipinski definition) is 6. The van der Waals surface area contributed by atoms with E-state index in [1.165, 1.54) is 29.2 Å². The fourth-order valence-electron chi connectivity index (χ4n) is 2.80. The number of amides is 1. The number of rotatable bonds is 7. The fraction of sp³-hybridized carbons (Fsp3) is 0.150. The van der Waals surface area contributed by atoms with E-state index in [4.69, 9.17) is 0 Å². The molecule has 0 spiro atoms. The van der Waals surface area contributed by atoms with E-state index in [-0.39, 0.29) is 29.6 Å². The maximum atomic E-state index is 13.6. The smallest absolute Gasteiger partial charge is 0.260 e. The molecule has 9 heteroatoms. The number of halogens is 1. The number of aromatic nitrogens is 2. The molecule has 0 radical (unpaired) electrons. The number of nitrogens with one attached hydrogen (secondary N) is 2. The zero-order valence-electron chi connectivity index (χ0n) is 15.1. The number of hydrogen-bond donors (Lipinski definition) is 2. The molecule has 29 heavy (non-hydrogen) atoms. The van der Waals surface area contributed by atoms with E-state index in [9.17, 15) is 14.0 Å². The molecule has 2 N–H and O–H groups in total. The third-order valence-electron chi connectivity index (χ3n) is 4.19. The molecular weight excluding hydrogens is 429 g/mol.